The predicted molar refractivity (Wildman–Crippen MR) is 140 cm³/mol. The van der Waals surface area contributed by atoms with E-state index in [0.29, 0.717) is 23.5 Å². The highest BCUT2D eigenvalue weighted by atomic mass is 16.5. The molecule has 0 fully saturated rings. The van der Waals surface area contributed by atoms with E-state index in [-0.39, 0.29) is 30.8 Å². The first kappa shape index (κ1) is 26.5. The Kier molecular flexibility index (Phi) is 9.22. The average molecular weight is 489 g/mol. The molecule has 3 aromatic carbocycles. The van der Waals surface area contributed by atoms with Gasteiger partial charge in [0.05, 0.1) is 0 Å². The van der Waals surface area contributed by atoms with Gasteiger partial charge in [0.25, 0.3) is 5.91 Å². The topological polar surface area (TPSA) is 93.7 Å². The summed E-state index contributed by atoms with van der Waals surface area (Å²) >= 11 is 0. The molecule has 3 aromatic rings. The van der Waals surface area contributed by atoms with Crippen LogP contribution in [-0.4, -0.2) is 24.4 Å². The largest absolute Gasteiger partial charge is 0.457 e. The number of hydrogen-bond acceptors (Lipinski definition) is 5. The van der Waals surface area contributed by atoms with Crippen LogP contribution >= 0.6 is 0 Å². The first-order valence-corrected chi connectivity index (χ1v) is 11.9. The summed E-state index contributed by atoms with van der Waals surface area (Å²) < 4.78 is 10.8. The highest BCUT2D eigenvalue weighted by molar-refractivity contribution is 5.93. The lowest BCUT2D eigenvalue weighted by molar-refractivity contribution is -0.147. The Morgan fingerprint density at radius 2 is 1.25 bits per heavy atom. The molecule has 3 rings (SSSR count). The number of carbonyl (C=O) groups is 3. The van der Waals surface area contributed by atoms with E-state index in [9.17, 15) is 14.4 Å². The second-order valence-corrected chi connectivity index (χ2v) is 9.38. The molecule has 0 spiro atoms. The summed E-state index contributed by atoms with van der Waals surface area (Å²) in [6.45, 7) is 6.12. The van der Waals surface area contributed by atoms with Crippen LogP contribution in [0.25, 0.3) is 0 Å². The maximum atomic E-state index is 12.2. The minimum Gasteiger partial charge on any atom is -0.457 e. The number of ether oxygens (including phenoxy) is 2. The van der Waals surface area contributed by atoms with Crippen molar-refractivity contribution in [2.24, 2.45) is 0 Å². The van der Waals surface area contributed by atoms with E-state index in [1.165, 1.54) is 5.56 Å². The minimum absolute atomic E-state index is 0.0484. The average Bonchev–Trinajstić information content (AvgIpc) is 2.84. The Bertz CT molecular complexity index is 1150. The lowest BCUT2D eigenvalue weighted by Crippen LogP contribution is -2.21. The summed E-state index contributed by atoms with van der Waals surface area (Å²) in [7, 11) is 0. The summed E-state index contributed by atoms with van der Waals surface area (Å²) in [5.74, 6) is 0.250. The van der Waals surface area contributed by atoms with Gasteiger partial charge < -0.3 is 20.1 Å². The van der Waals surface area contributed by atoms with Crippen LogP contribution < -0.4 is 15.4 Å². The van der Waals surface area contributed by atoms with Gasteiger partial charge in [-0.2, -0.15) is 0 Å². The molecule has 0 radical (unpaired) electrons. The fraction of sp³-hybridized carbons (Fsp3) is 0.276. The van der Waals surface area contributed by atoms with Crippen LogP contribution in [-0.2, 0) is 24.5 Å². The van der Waals surface area contributed by atoms with E-state index in [2.05, 4.69) is 43.5 Å². The predicted octanol–water partition coefficient (Wildman–Crippen LogP) is 6.07. The zero-order valence-electron chi connectivity index (χ0n) is 20.9. The highest BCUT2D eigenvalue weighted by Crippen LogP contribution is 2.27. The smallest absolute Gasteiger partial charge is 0.306 e. The maximum absolute atomic E-state index is 12.2. The molecule has 0 unspecified atom stereocenters. The van der Waals surface area contributed by atoms with Gasteiger partial charge in [0.2, 0.25) is 5.91 Å². The molecule has 0 saturated heterocycles. The van der Waals surface area contributed by atoms with Gasteiger partial charge in [-0.1, -0.05) is 51.1 Å². The van der Waals surface area contributed by atoms with E-state index in [0.717, 1.165) is 5.75 Å². The van der Waals surface area contributed by atoms with Crippen LogP contribution in [0.1, 0.15) is 45.6 Å². The number of amides is 2. The number of carbonyl (C=O) groups excluding carboxylic acids is 3. The summed E-state index contributed by atoms with van der Waals surface area (Å²) in [6, 6.07) is 24.0. The van der Waals surface area contributed by atoms with E-state index in [1.807, 2.05) is 18.2 Å². The van der Waals surface area contributed by atoms with Crippen LogP contribution in [0.15, 0.2) is 78.9 Å². The first-order valence-electron chi connectivity index (χ1n) is 11.9. The van der Waals surface area contributed by atoms with Crippen LogP contribution in [0.4, 0.5) is 11.4 Å². The van der Waals surface area contributed by atoms with Crippen LogP contribution in [0.2, 0.25) is 0 Å². The molecule has 7 heteroatoms. The molecule has 0 saturated carbocycles. The molecule has 0 bridgehead atoms. The lowest BCUT2D eigenvalue weighted by Gasteiger charge is -2.19. The van der Waals surface area contributed by atoms with Crippen LogP contribution in [0, 0.1) is 0 Å². The molecule has 7 nitrogen and oxygen atoms in total. The number of nitrogens with one attached hydrogen (secondary N) is 2. The Morgan fingerprint density at radius 3 is 1.86 bits per heavy atom. The summed E-state index contributed by atoms with van der Waals surface area (Å²) in [5.41, 5.74) is 2.58. The van der Waals surface area contributed by atoms with Crippen molar-refractivity contribution < 1.29 is 23.9 Å². The monoisotopic (exact) mass is 488 g/mol. The molecule has 0 aliphatic heterocycles. The fourth-order valence-electron chi connectivity index (χ4n) is 3.32. The van der Waals surface area contributed by atoms with E-state index in [1.54, 1.807) is 48.5 Å². The third-order valence-corrected chi connectivity index (χ3v) is 5.30. The molecule has 0 aliphatic rings. The third kappa shape index (κ3) is 8.91. The Balaban J connectivity index is 1.34. The summed E-state index contributed by atoms with van der Waals surface area (Å²) in [5, 5.41) is 5.43. The van der Waals surface area contributed by atoms with E-state index >= 15 is 0 Å². The van der Waals surface area contributed by atoms with E-state index in [4.69, 9.17) is 9.47 Å². The number of benzene rings is 3. The van der Waals surface area contributed by atoms with Gasteiger partial charge in [-0.05, 0) is 65.9 Å². The lowest BCUT2D eigenvalue weighted by atomic mass is 9.87. The molecule has 2 amide bonds. The zero-order valence-corrected chi connectivity index (χ0v) is 20.9. The quantitative estimate of drug-likeness (QED) is 0.338. The van der Waals surface area contributed by atoms with Gasteiger partial charge in [0, 0.05) is 24.2 Å². The number of para-hydroxylation sites is 1. The van der Waals surface area contributed by atoms with Gasteiger partial charge in [-0.15, -0.1) is 0 Å². The highest BCUT2D eigenvalue weighted by Gasteiger charge is 2.13. The molecule has 0 aromatic heterocycles. The molecule has 188 valence electrons. The van der Waals surface area contributed by atoms with Gasteiger partial charge in [0.1, 0.15) is 11.5 Å². The second-order valence-electron chi connectivity index (χ2n) is 9.38. The Morgan fingerprint density at radius 1 is 0.694 bits per heavy atom. The number of esters is 1. The fourth-order valence-corrected chi connectivity index (χ4v) is 3.32. The van der Waals surface area contributed by atoms with Crippen molar-refractivity contribution >= 4 is 29.2 Å². The third-order valence-electron chi connectivity index (χ3n) is 5.30. The molecule has 0 atom stereocenters. The van der Waals surface area contributed by atoms with Gasteiger partial charge in [0.15, 0.2) is 6.61 Å². The van der Waals surface area contributed by atoms with Crippen LogP contribution in [0.5, 0.6) is 11.5 Å². The second kappa shape index (κ2) is 12.5. The molecule has 0 aliphatic carbocycles. The maximum Gasteiger partial charge on any atom is 0.306 e. The molecular formula is C29H32N2O5. The molecular weight excluding hydrogens is 456 g/mol. The van der Waals surface area contributed by atoms with Crippen molar-refractivity contribution in [2.45, 2.75) is 45.4 Å². The summed E-state index contributed by atoms with van der Waals surface area (Å²) in [6.07, 6.45) is 0.521. The van der Waals surface area contributed by atoms with Crippen molar-refractivity contribution in [3.05, 3.63) is 84.4 Å². The first-order chi connectivity index (χ1) is 17.2. The number of hydrogen-bond donors (Lipinski definition) is 2. The van der Waals surface area contributed by atoms with E-state index < -0.39 is 11.9 Å². The van der Waals surface area contributed by atoms with Crippen molar-refractivity contribution in [3.63, 3.8) is 0 Å². The normalized spacial score (nSPS) is 10.9. The number of rotatable bonds is 10. The minimum atomic E-state index is -0.525. The number of anilines is 2. The standard InChI is InChI=1S/C29H32N2O5/c1-29(2,3)21-12-16-24(17-13-21)36-25-18-14-23(15-19-25)30-26(32)10-7-11-28(34)35-20-27(33)31-22-8-5-4-6-9-22/h4-6,8-9,12-19H,7,10-11,20H2,1-3H3,(H,30,32)(H,31,33). The van der Waals surface area contributed by atoms with Crippen molar-refractivity contribution in [1.29, 1.82) is 0 Å². The van der Waals surface area contributed by atoms with Crippen LogP contribution in [0.3, 0.4) is 0 Å². The zero-order chi connectivity index (χ0) is 26.0. The SMILES string of the molecule is CC(C)(C)c1ccc(Oc2ccc(NC(=O)CCCC(=O)OCC(=O)Nc3ccccc3)cc2)cc1. The van der Waals surface area contributed by atoms with Gasteiger partial charge in [-0.3, -0.25) is 14.4 Å². The van der Waals surface area contributed by atoms with Gasteiger partial charge in [-0.25, -0.2) is 0 Å². The molecule has 36 heavy (non-hydrogen) atoms. The molecule has 0 heterocycles. The molecule has 2 N–H and O–H groups in total. The summed E-state index contributed by atoms with van der Waals surface area (Å²) in [4.78, 5) is 35.9. The van der Waals surface area contributed by atoms with Crippen molar-refractivity contribution in [1.82, 2.24) is 0 Å². The Hall–Kier alpha value is -4.13. The van der Waals surface area contributed by atoms with Crippen molar-refractivity contribution in [3.8, 4) is 11.5 Å². The Labute approximate surface area is 211 Å². The van der Waals surface area contributed by atoms with Crippen molar-refractivity contribution in [2.75, 3.05) is 17.2 Å². The van der Waals surface area contributed by atoms with Gasteiger partial charge >= 0.3 is 5.97 Å².